The number of rotatable bonds is 3. The highest BCUT2D eigenvalue weighted by Gasteiger charge is 2.22. The van der Waals surface area contributed by atoms with Crippen molar-refractivity contribution >= 4 is 11.3 Å². The summed E-state index contributed by atoms with van der Waals surface area (Å²) in [5, 5.41) is 6.55. The molecule has 0 aliphatic heterocycles. The zero-order chi connectivity index (χ0) is 13.2. The summed E-state index contributed by atoms with van der Waals surface area (Å²) in [6, 6.07) is 17.5. The van der Waals surface area contributed by atoms with Gasteiger partial charge in [-0.1, -0.05) is 42.5 Å². The molecule has 0 heterocycles. The van der Waals surface area contributed by atoms with Crippen LogP contribution < -0.4 is 10.6 Å². The van der Waals surface area contributed by atoms with Crippen LogP contribution >= 0.6 is 0 Å². The molecule has 1 atom stereocenters. The van der Waals surface area contributed by atoms with Gasteiger partial charge in [-0.2, -0.15) is 0 Å². The summed E-state index contributed by atoms with van der Waals surface area (Å²) in [6.45, 7) is 0. The molecule has 0 amide bonds. The summed E-state index contributed by atoms with van der Waals surface area (Å²) >= 11 is 0. The van der Waals surface area contributed by atoms with Crippen LogP contribution in [0.25, 0.3) is 5.57 Å². The monoisotopic (exact) mass is 250 g/mol. The van der Waals surface area contributed by atoms with E-state index in [4.69, 9.17) is 0 Å². The van der Waals surface area contributed by atoms with Crippen LogP contribution in [0.4, 0.5) is 5.69 Å². The zero-order valence-electron chi connectivity index (χ0n) is 11.3. The van der Waals surface area contributed by atoms with Gasteiger partial charge in [-0.25, -0.2) is 0 Å². The summed E-state index contributed by atoms with van der Waals surface area (Å²) in [6.07, 6.45) is 2.30. The first-order valence-corrected chi connectivity index (χ1v) is 6.60. The molecule has 2 nitrogen and oxygen atoms in total. The van der Waals surface area contributed by atoms with E-state index in [0.717, 1.165) is 5.69 Å². The largest absolute Gasteiger partial charge is 0.388 e. The summed E-state index contributed by atoms with van der Waals surface area (Å²) in [5.74, 6) is 0. The Labute approximate surface area is 114 Å². The number of benzene rings is 2. The number of nitrogens with one attached hydrogen (secondary N) is 2. The van der Waals surface area contributed by atoms with Gasteiger partial charge in [0.15, 0.2) is 0 Å². The second-order valence-corrected chi connectivity index (χ2v) is 4.76. The third kappa shape index (κ3) is 2.04. The highest BCUT2D eigenvalue weighted by Crippen LogP contribution is 2.38. The van der Waals surface area contributed by atoms with Crippen LogP contribution in [0.5, 0.6) is 0 Å². The first-order chi connectivity index (χ1) is 9.33. The maximum atomic E-state index is 3.36. The molecule has 3 rings (SSSR count). The van der Waals surface area contributed by atoms with Crippen molar-refractivity contribution in [3.8, 4) is 0 Å². The van der Waals surface area contributed by atoms with Gasteiger partial charge in [0.25, 0.3) is 0 Å². The molecule has 0 saturated carbocycles. The van der Waals surface area contributed by atoms with Gasteiger partial charge in [0.05, 0.1) is 6.04 Å². The molecular formula is C17H18N2. The lowest BCUT2D eigenvalue weighted by Crippen LogP contribution is -2.11. The van der Waals surface area contributed by atoms with Crippen molar-refractivity contribution in [1.29, 1.82) is 0 Å². The van der Waals surface area contributed by atoms with Crippen LogP contribution in [-0.2, 0) is 0 Å². The summed E-state index contributed by atoms with van der Waals surface area (Å²) < 4.78 is 0. The maximum absolute atomic E-state index is 3.36. The van der Waals surface area contributed by atoms with Gasteiger partial charge in [0.2, 0.25) is 0 Å². The third-order valence-corrected chi connectivity index (χ3v) is 3.69. The number of fused-ring (bicyclic) bond motifs is 1. The molecule has 0 spiro atoms. The van der Waals surface area contributed by atoms with E-state index in [-0.39, 0.29) is 0 Å². The highest BCUT2D eigenvalue weighted by atomic mass is 14.9. The Morgan fingerprint density at radius 3 is 2.58 bits per heavy atom. The highest BCUT2D eigenvalue weighted by molar-refractivity contribution is 5.86. The van der Waals surface area contributed by atoms with E-state index in [9.17, 15) is 0 Å². The van der Waals surface area contributed by atoms with Crippen molar-refractivity contribution in [1.82, 2.24) is 5.32 Å². The molecule has 2 aromatic rings. The number of hydrogen-bond donors (Lipinski definition) is 2. The topological polar surface area (TPSA) is 24.1 Å². The number of likely N-dealkylation sites (N-methyl/N-ethyl adjacent to an activating group) is 1. The van der Waals surface area contributed by atoms with Crippen LogP contribution in [0.15, 0.2) is 54.6 Å². The summed E-state index contributed by atoms with van der Waals surface area (Å²) in [5.41, 5.74) is 6.40. The predicted molar refractivity (Wildman–Crippen MR) is 81.3 cm³/mol. The number of hydrogen-bond acceptors (Lipinski definition) is 2. The van der Waals surface area contributed by atoms with Crippen molar-refractivity contribution < 1.29 is 0 Å². The SMILES string of the molecule is CNc1cccc(C2=CC(NC)c3ccccc32)c1. The fourth-order valence-electron chi connectivity index (χ4n) is 2.69. The van der Waals surface area contributed by atoms with E-state index in [0.29, 0.717) is 6.04 Å². The van der Waals surface area contributed by atoms with Gasteiger partial charge in [0, 0.05) is 12.7 Å². The lowest BCUT2D eigenvalue weighted by Gasteiger charge is -2.09. The molecule has 1 aliphatic carbocycles. The second kappa shape index (κ2) is 4.90. The normalized spacial score (nSPS) is 16.9. The van der Waals surface area contributed by atoms with Crippen LogP contribution in [0, 0.1) is 0 Å². The molecule has 0 aromatic heterocycles. The van der Waals surface area contributed by atoms with Gasteiger partial charge >= 0.3 is 0 Å². The van der Waals surface area contributed by atoms with Crippen molar-refractivity contribution in [2.75, 3.05) is 19.4 Å². The Bertz CT molecular complexity index is 629. The fraction of sp³-hybridized carbons (Fsp3) is 0.176. The third-order valence-electron chi connectivity index (χ3n) is 3.69. The van der Waals surface area contributed by atoms with E-state index in [1.807, 2.05) is 14.1 Å². The minimum Gasteiger partial charge on any atom is -0.388 e. The lowest BCUT2D eigenvalue weighted by molar-refractivity contribution is 0.725. The Morgan fingerprint density at radius 2 is 1.79 bits per heavy atom. The first-order valence-electron chi connectivity index (χ1n) is 6.60. The van der Waals surface area contributed by atoms with Crippen molar-refractivity contribution in [3.05, 3.63) is 71.3 Å². The standard InChI is InChI=1S/C17H18N2/c1-18-13-7-5-6-12(10-13)16-11-17(19-2)15-9-4-3-8-14(15)16/h3-11,17-19H,1-2H3. The first kappa shape index (κ1) is 12.0. The van der Waals surface area contributed by atoms with Crippen LogP contribution in [0.3, 0.4) is 0 Å². The fourth-order valence-corrected chi connectivity index (χ4v) is 2.69. The molecule has 0 fully saturated rings. The smallest absolute Gasteiger partial charge is 0.0519 e. The summed E-state index contributed by atoms with van der Waals surface area (Å²) in [7, 11) is 3.96. The van der Waals surface area contributed by atoms with Gasteiger partial charge in [-0.05, 0) is 41.4 Å². The Kier molecular flexibility index (Phi) is 3.10. The molecule has 19 heavy (non-hydrogen) atoms. The zero-order valence-corrected chi connectivity index (χ0v) is 11.3. The maximum Gasteiger partial charge on any atom is 0.0519 e. The van der Waals surface area contributed by atoms with E-state index < -0.39 is 0 Å². The van der Waals surface area contributed by atoms with Crippen LogP contribution in [0.1, 0.15) is 22.7 Å². The van der Waals surface area contributed by atoms with E-state index in [2.05, 4.69) is 65.2 Å². The quantitative estimate of drug-likeness (QED) is 0.872. The summed E-state index contributed by atoms with van der Waals surface area (Å²) in [4.78, 5) is 0. The molecule has 96 valence electrons. The Morgan fingerprint density at radius 1 is 0.947 bits per heavy atom. The predicted octanol–water partition coefficient (Wildman–Crippen LogP) is 3.43. The molecule has 1 unspecified atom stereocenters. The molecule has 0 saturated heterocycles. The molecular weight excluding hydrogens is 232 g/mol. The molecule has 1 aliphatic rings. The Balaban J connectivity index is 2.10. The minimum atomic E-state index is 0.310. The molecule has 2 heteroatoms. The molecule has 2 aromatic carbocycles. The minimum absolute atomic E-state index is 0.310. The van der Waals surface area contributed by atoms with E-state index in [1.165, 1.54) is 22.3 Å². The molecule has 2 N–H and O–H groups in total. The van der Waals surface area contributed by atoms with Gasteiger partial charge in [-0.15, -0.1) is 0 Å². The van der Waals surface area contributed by atoms with Crippen molar-refractivity contribution in [2.45, 2.75) is 6.04 Å². The van der Waals surface area contributed by atoms with E-state index in [1.54, 1.807) is 0 Å². The van der Waals surface area contributed by atoms with Crippen LogP contribution in [-0.4, -0.2) is 14.1 Å². The molecule has 0 radical (unpaired) electrons. The molecule has 0 bridgehead atoms. The van der Waals surface area contributed by atoms with Crippen molar-refractivity contribution in [3.63, 3.8) is 0 Å². The number of anilines is 1. The average molecular weight is 250 g/mol. The van der Waals surface area contributed by atoms with Gasteiger partial charge in [0.1, 0.15) is 0 Å². The second-order valence-electron chi connectivity index (χ2n) is 4.76. The van der Waals surface area contributed by atoms with Gasteiger partial charge < -0.3 is 10.6 Å². The van der Waals surface area contributed by atoms with E-state index >= 15 is 0 Å². The lowest BCUT2D eigenvalue weighted by atomic mass is 9.99. The van der Waals surface area contributed by atoms with Gasteiger partial charge in [-0.3, -0.25) is 0 Å². The average Bonchev–Trinajstić information content (AvgIpc) is 2.86. The van der Waals surface area contributed by atoms with Crippen molar-refractivity contribution in [2.24, 2.45) is 0 Å². The Hall–Kier alpha value is -2.06. The van der Waals surface area contributed by atoms with Crippen LogP contribution in [0.2, 0.25) is 0 Å².